The predicted molar refractivity (Wildman–Crippen MR) is 68.0 cm³/mol. The van der Waals surface area contributed by atoms with Gasteiger partial charge in [0, 0.05) is 18.5 Å². The first kappa shape index (κ1) is 13.4. The third kappa shape index (κ3) is 1.82. The summed E-state index contributed by atoms with van der Waals surface area (Å²) in [6.07, 6.45) is 1.84. The van der Waals surface area contributed by atoms with Crippen molar-refractivity contribution >= 4 is 11.9 Å². The summed E-state index contributed by atoms with van der Waals surface area (Å²) in [5, 5.41) is 8.90. The number of hydrogen-bond acceptors (Lipinski definition) is 2. The average Bonchev–Trinajstić information content (AvgIpc) is 2.58. The fraction of sp³-hybridized carbons (Fsp3) is 0.857. The molecule has 1 amide bonds. The minimum atomic E-state index is -0.811. The zero-order chi connectivity index (χ0) is 13.7. The molecule has 1 heterocycles. The van der Waals surface area contributed by atoms with Crippen molar-refractivity contribution in [2.75, 3.05) is 6.54 Å². The molecule has 1 aliphatic heterocycles. The number of carbonyl (C=O) groups excluding carboxylic acids is 1. The number of rotatable bonds is 3. The molecule has 0 radical (unpaired) electrons. The molecule has 0 spiro atoms. The lowest BCUT2D eigenvalue weighted by Crippen LogP contribution is -2.39. The molecule has 1 N–H and O–H groups in total. The molecule has 2 rings (SSSR count). The molecular weight excluding hydrogens is 230 g/mol. The van der Waals surface area contributed by atoms with E-state index in [0.29, 0.717) is 0 Å². The maximum Gasteiger partial charge on any atom is 0.305 e. The molecular formula is C14H23NO3. The molecule has 2 fully saturated rings. The van der Waals surface area contributed by atoms with E-state index in [2.05, 4.69) is 27.7 Å². The van der Waals surface area contributed by atoms with Crippen molar-refractivity contribution in [3.8, 4) is 0 Å². The van der Waals surface area contributed by atoms with E-state index in [1.165, 1.54) is 0 Å². The number of nitrogens with zero attached hydrogens (tertiary/aromatic N) is 1. The van der Waals surface area contributed by atoms with E-state index in [-0.39, 0.29) is 35.1 Å². The zero-order valence-electron chi connectivity index (χ0n) is 11.7. The van der Waals surface area contributed by atoms with Crippen LogP contribution < -0.4 is 0 Å². The van der Waals surface area contributed by atoms with Crippen LogP contribution in [0.4, 0.5) is 0 Å². The highest BCUT2D eigenvalue weighted by molar-refractivity contribution is 5.85. The van der Waals surface area contributed by atoms with Crippen LogP contribution in [0.2, 0.25) is 0 Å². The summed E-state index contributed by atoms with van der Waals surface area (Å²) >= 11 is 0. The Balaban J connectivity index is 2.08. The van der Waals surface area contributed by atoms with Crippen molar-refractivity contribution in [1.29, 1.82) is 0 Å². The molecule has 1 saturated heterocycles. The van der Waals surface area contributed by atoms with Crippen molar-refractivity contribution in [2.45, 2.75) is 53.0 Å². The summed E-state index contributed by atoms with van der Waals surface area (Å²) in [5.41, 5.74) is 0.0564. The van der Waals surface area contributed by atoms with Crippen molar-refractivity contribution in [2.24, 2.45) is 16.7 Å². The van der Waals surface area contributed by atoms with Crippen LogP contribution in [0, 0.1) is 16.7 Å². The van der Waals surface area contributed by atoms with Crippen molar-refractivity contribution < 1.29 is 14.7 Å². The Morgan fingerprint density at radius 2 is 1.78 bits per heavy atom. The van der Waals surface area contributed by atoms with Gasteiger partial charge in [0.1, 0.15) is 0 Å². The van der Waals surface area contributed by atoms with E-state index >= 15 is 0 Å². The standard InChI is InChI=1S/C14H23NO3/c1-13(2)11(14(13,3)4)12(18)15-7-5-6-9(15)8-10(16)17/h9,11H,5-8H2,1-4H3,(H,16,17). The van der Waals surface area contributed by atoms with Crippen LogP contribution in [0.1, 0.15) is 47.0 Å². The molecule has 0 aromatic carbocycles. The van der Waals surface area contributed by atoms with E-state index in [0.717, 1.165) is 19.4 Å². The van der Waals surface area contributed by atoms with Gasteiger partial charge in [-0.25, -0.2) is 0 Å². The minimum absolute atomic E-state index is 0.0282. The maximum absolute atomic E-state index is 12.6. The molecule has 4 nitrogen and oxygen atoms in total. The lowest BCUT2D eigenvalue weighted by atomic mass is 10.0. The van der Waals surface area contributed by atoms with E-state index in [9.17, 15) is 9.59 Å². The molecule has 1 saturated carbocycles. The largest absolute Gasteiger partial charge is 0.481 e. The SMILES string of the molecule is CC1(C)C(C(=O)N2CCCC2CC(=O)O)C1(C)C. The normalized spacial score (nSPS) is 29.3. The molecule has 0 aromatic rings. The molecule has 1 atom stereocenters. The minimum Gasteiger partial charge on any atom is -0.481 e. The van der Waals surface area contributed by atoms with Crippen LogP contribution in [0.3, 0.4) is 0 Å². The topological polar surface area (TPSA) is 57.6 Å². The summed E-state index contributed by atoms with van der Waals surface area (Å²) in [5.74, 6) is -0.609. The van der Waals surface area contributed by atoms with Crippen LogP contribution in [0.5, 0.6) is 0 Å². The Morgan fingerprint density at radius 3 is 2.22 bits per heavy atom. The number of hydrogen-bond donors (Lipinski definition) is 1. The van der Waals surface area contributed by atoms with Crippen molar-refractivity contribution in [3.05, 3.63) is 0 Å². The van der Waals surface area contributed by atoms with Gasteiger partial charge in [-0.2, -0.15) is 0 Å². The number of carboxylic acids is 1. The van der Waals surface area contributed by atoms with Gasteiger partial charge in [-0.05, 0) is 23.7 Å². The first-order chi connectivity index (χ1) is 8.19. The van der Waals surface area contributed by atoms with E-state index in [1.54, 1.807) is 0 Å². The second kappa shape index (κ2) is 3.97. The van der Waals surface area contributed by atoms with Gasteiger partial charge in [0.25, 0.3) is 0 Å². The van der Waals surface area contributed by atoms with Gasteiger partial charge in [0.2, 0.25) is 5.91 Å². The van der Waals surface area contributed by atoms with E-state index < -0.39 is 5.97 Å². The summed E-state index contributed by atoms with van der Waals surface area (Å²) in [4.78, 5) is 25.2. The third-order valence-electron chi connectivity index (χ3n) is 5.34. The highest BCUT2D eigenvalue weighted by atomic mass is 16.4. The first-order valence-electron chi connectivity index (χ1n) is 6.72. The Labute approximate surface area is 108 Å². The Kier molecular flexibility index (Phi) is 2.95. The molecule has 2 aliphatic rings. The Bertz CT molecular complexity index is 373. The molecule has 18 heavy (non-hydrogen) atoms. The third-order valence-corrected chi connectivity index (χ3v) is 5.34. The number of aliphatic carboxylic acids is 1. The van der Waals surface area contributed by atoms with Gasteiger partial charge in [0.15, 0.2) is 0 Å². The van der Waals surface area contributed by atoms with Gasteiger partial charge < -0.3 is 10.0 Å². The van der Waals surface area contributed by atoms with Gasteiger partial charge in [-0.1, -0.05) is 27.7 Å². The highest BCUT2D eigenvalue weighted by Gasteiger charge is 2.69. The summed E-state index contributed by atoms with van der Waals surface area (Å²) in [6, 6.07) is -0.0952. The molecule has 102 valence electrons. The summed E-state index contributed by atoms with van der Waals surface area (Å²) < 4.78 is 0. The quantitative estimate of drug-likeness (QED) is 0.838. The fourth-order valence-corrected chi connectivity index (χ4v) is 3.52. The average molecular weight is 253 g/mol. The van der Waals surface area contributed by atoms with Gasteiger partial charge in [0.05, 0.1) is 6.42 Å². The maximum atomic E-state index is 12.6. The number of amides is 1. The van der Waals surface area contributed by atoms with Gasteiger partial charge in [-0.3, -0.25) is 9.59 Å². The molecule has 0 aromatic heterocycles. The van der Waals surface area contributed by atoms with E-state index in [1.807, 2.05) is 4.90 Å². The van der Waals surface area contributed by atoms with Crippen LogP contribution >= 0.6 is 0 Å². The first-order valence-corrected chi connectivity index (χ1v) is 6.72. The molecule has 1 unspecified atom stereocenters. The number of carbonyl (C=O) groups is 2. The van der Waals surface area contributed by atoms with Crippen molar-refractivity contribution in [1.82, 2.24) is 4.90 Å². The van der Waals surface area contributed by atoms with Crippen LogP contribution in [0.25, 0.3) is 0 Å². The molecule has 4 heteroatoms. The Hall–Kier alpha value is -1.06. The lowest BCUT2D eigenvalue weighted by Gasteiger charge is -2.24. The van der Waals surface area contributed by atoms with Crippen LogP contribution in [-0.2, 0) is 9.59 Å². The summed E-state index contributed by atoms with van der Waals surface area (Å²) in [7, 11) is 0. The predicted octanol–water partition coefficient (Wildman–Crippen LogP) is 2.13. The second-order valence-electron chi connectivity index (χ2n) is 6.80. The molecule has 0 bridgehead atoms. The second-order valence-corrected chi connectivity index (χ2v) is 6.80. The highest BCUT2D eigenvalue weighted by Crippen LogP contribution is 2.69. The Morgan fingerprint density at radius 1 is 1.22 bits per heavy atom. The fourth-order valence-electron chi connectivity index (χ4n) is 3.52. The summed E-state index contributed by atoms with van der Waals surface area (Å²) in [6.45, 7) is 9.21. The van der Waals surface area contributed by atoms with Crippen LogP contribution in [0.15, 0.2) is 0 Å². The molecule has 1 aliphatic carbocycles. The smallest absolute Gasteiger partial charge is 0.305 e. The van der Waals surface area contributed by atoms with Crippen LogP contribution in [-0.4, -0.2) is 34.5 Å². The zero-order valence-corrected chi connectivity index (χ0v) is 11.7. The number of likely N-dealkylation sites (tertiary alicyclic amines) is 1. The van der Waals surface area contributed by atoms with Gasteiger partial charge >= 0.3 is 5.97 Å². The monoisotopic (exact) mass is 253 g/mol. The lowest BCUT2D eigenvalue weighted by molar-refractivity contribution is -0.140. The van der Waals surface area contributed by atoms with Crippen molar-refractivity contribution in [3.63, 3.8) is 0 Å². The van der Waals surface area contributed by atoms with E-state index in [4.69, 9.17) is 5.11 Å². The number of carboxylic acid groups (broad SMARTS) is 1. The van der Waals surface area contributed by atoms with Gasteiger partial charge in [-0.15, -0.1) is 0 Å².